The van der Waals surface area contributed by atoms with Gasteiger partial charge in [0.05, 0.1) is 6.20 Å². The summed E-state index contributed by atoms with van der Waals surface area (Å²) in [6.45, 7) is 6.36. The lowest BCUT2D eigenvalue weighted by atomic mass is 9.93. The Labute approximate surface area is 85.5 Å². The van der Waals surface area contributed by atoms with Crippen LogP contribution >= 0.6 is 0 Å². The fourth-order valence-corrected chi connectivity index (χ4v) is 2.35. The molecule has 2 rings (SSSR count). The van der Waals surface area contributed by atoms with Crippen molar-refractivity contribution in [2.24, 2.45) is 0 Å². The van der Waals surface area contributed by atoms with E-state index in [4.69, 9.17) is 0 Å². The molecule has 0 spiro atoms. The van der Waals surface area contributed by atoms with E-state index in [-0.39, 0.29) is 0 Å². The summed E-state index contributed by atoms with van der Waals surface area (Å²) in [4.78, 5) is 0. The highest BCUT2D eigenvalue weighted by Gasteiger charge is 2.22. The molecule has 1 aromatic rings. The number of fused-ring (bicyclic) bond motifs is 1. The van der Waals surface area contributed by atoms with E-state index in [1.807, 2.05) is 6.20 Å². The largest absolute Gasteiger partial charge is 0.310 e. The molecule has 1 atom stereocenters. The van der Waals surface area contributed by atoms with Crippen molar-refractivity contribution in [1.29, 1.82) is 0 Å². The Morgan fingerprint density at radius 1 is 1.57 bits per heavy atom. The lowest BCUT2D eigenvalue weighted by molar-refractivity contribution is 0.459. The third-order valence-corrected chi connectivity index (χ3v) is 3.01. The smallest absolute Gasteiger partial charge is 0.0540 e. The molecular formula is C11H19N3. The summed E-state index contributed by atoms with van der Waals surface area (Å²) in [5.41, 5.74) is 2.88. The second kappa shape index (κ2) is 4.13. The molecule has 0 bridgehead atoms. The summed E-state index contributed by atoms with van der Waals surface area (Å²) in [5.74, 6) is 0. The van der Waals surface area contributed by atoms with E-state index in [0.29, 0.717) is 6.04 Å². The van der Waals surface area contributed by atoms with Crippen LogP contribution in [0.3, 0.4) is 0 Å². The molecule has 14 heavy (non-hydrogen) atoms. The second-order valence-corrected chi connectivity index (χ2v) is 3.86. The fraction of sp³-hybridized carbons (Fsp3) is 0.727. The Kier molecular flexibility index (Phi) is 2.87. The second-order valence-electron chi connectivity index (χ2n) is 3.86. The van der Waals surface area contributed by atoms with Gasteiger partial charge in [-0.25, -0.2) is 0 Å². The monoisotopic (exact) mass is 193 g/mol. The standard InChI is InChI=1S/C11H19N3/c1-3-12-10-6-5-7-11-9(10)8-13-14(11)4-2/h8,10,12H,3-7H2,1-2H3. The lowest BCUT2D eigenvalue weighted by Gasteiger charge is -2.23. The number of aryl methyl sites for hydroxylation is 1. The average molecular weight is 193 g/mol. The number of hydrogen-bond acceptors (Lipinski definition) is 2. The fourth-order valence-electron chi connectivity index (χ4n) is 2.35. The molecule has 0 saturated carbocycles. The number of rotatable bonds is 3. The van der Waals surface area contributed by atoms with E-state index in [9.17, 15) is 0 Å². The van der Waals surface area contributed by atoms with E-state index in [2.05, 4.69) is 28.9 Å². The molecule has 3 heteroatoms. The van der Waals surface area contributed by atoms with E-state index >= 15 is 0 Å². The highest BCUT2D eigenvalue weighted by Crippen LogP contribution is 2.29. The van der Waals surface area contributed by atoms with Crippen LogP contribution in [-0.4, -0.2) is 16.3 Å². The van der Waals surface area contributed by atoms with Gasteiger partial charge in [-0.2, -0.15) is 5.10 Å². The Bertz CT molecular complexity index is 303. The van der Waals surface area contributed by atoms with Crippen LogP contribution in [0.15, 0.2) is 6.20 Å². The Balaban J connectivity index is 2.26. The Morgan fingerprint density at radius 3 is 3.14 bits per heavy atom. The van der Waals surface area contributed by atoms with Gasteiger partial charge in [-0.15, -0.1) is 0 Å². The van der Waals surface area contributed by atoms with Crippen molar-refractivity contribution in [2.75, 3.05) is 6.54 Å². The van der Waals surface area contributed by atoms with Gasteiger partial charge in [-0.3, -0.25) is 4.68 Å². The molecule has 1 N–H and O–H groups in total. The minimum Gasteiger partial charge on any atom is -0.310 e. The molecule has 0 aliphatic heterocycles. The zero-order valence-corrected chi connectivity index (χ0v) is 9.08. The third kappa shape index (κ3) is 1.57. The summed E-state index contributed by atoms with van der Waals surface area (Å²) < 4.78 is 2.14. The third-order valence-electron chi connectivity index (χ3n) is 3.01. The topological polar surface area (TPSA) is 29.9 Å². The van der Waals surface area contributed by atoms with Crippen LogP contribution in [-0.2, 0) is 13.0 Å². The van der Waals surface area contributed by atoms with Gasteiger partial charge in [-0.1, -0.05) is 6.92 Å². The Morgan fingerprint density at radius 2 is 2.43 bits per heavy atom. The van der Waals surface area contributed by atoms with E-state index in [1.165, 1.54) is 30.5 Å². The minimum atomic E-state index is 0.545. The van der Waals surface area contributed by atoms with Crippen LogP contribution in [0.5, 0.6) is 0 Å². The molecule has 1 unspecified atom stereocenters. The van der Waals surface area contributed by atoms with Crippen molar-refractivity contribution in [3.05, 3.63) is 17.5 Å². The quantitative estimate of drug-likeness (QED) is 0.794. The summed E-state index contributed by atoms with van der Waals surface area (Å²) in [6, 6.07) is 0.545. The van der Waals surface area contributed by atoms with Crippen LogP contribution in [0.2, 0.25) is 0 Å². The van der Waals surface area contributed by atoms with E-state index < -0.39 is 0 Å². The number of hydrogen-bond donors (Lipinski definition) is 1. The van der Waals surface area contributed by atoms with Crippen molar-refractivity contribution in [3.8, 4) is 0 Å². The summed E-state index contributed by atoms with van der Waals surface area (Å²) in [7, 11) is 0. The first-order chi connectivity index (χ1) is 6.86. The highest BCUT2D eigenvalue weighted by atomic mass is 15.3. The van der Waals surface area contributed by atoms with Gasteiger partial charge >= 0.3 is 0 Å². The van der Waals surface area contributed by atoms with Gasteiger partial charge in [0.15, 0.2) is 0 Å². The van der Waals surface area contributed by atoms with E-state index in [0.717, 1.165) is 13.1 Å². The predicted molar refractivity (Wildman–Crippen MR) is 57.3 cm³/mol. The van der Waals surface area contributed by atoms with Gasteiger partial charge < -0.3 is 5.32 Å². The maximum Gasteiger partial charge on any atom is 0.0540 e. The van der Waals surface area contributed by atoms with Crippen molar-refractivity contribution < 1.29 is 0 Å². The van der Waals surface area contributed by atoms with Crippen molar-refractivity contribution in [2.45, 2.75) is 45.7 Å². The molecule has 78 valence electrons. The Hall–Kier alpha value is -0.830. The molecular weight excluding hydrogens is 174 g/mol. The van der Waals surface area contributed by atoms with Gasteiger partial charge in [0.2, 0.25) is 0 Å². The van der Waals surface area contributed by atoms with Crippen LogP contribution in [0, 0.1) is 0 Å². The first-order valence-corrected chi connectivity index (χ1v) is 5.64. The van der Waals surface area contributed by atoms with Crippen LogP contribution in [0.25, 0.3) is 0 Å². The van der Waals surface area contributed by atoms with Crippen molar-refractivity contribution in [1.82, 2.24) is 15.1 Å². The molecule has 0 fully saturated rings. The SMILES string of the molecule is CCNC1CCCc2c1cnn2CC. The molecule has 0 aromatic carbocycles. The molecule has 3 nitrogen and oxygen atoms in total. The number of nitrogens with one attached hydrogen (secondary N) is 1. The first-order valence-electron chi connectivity index (χ1n) is 5.64. The molecule has 1 aliphatic carbocycles. The lowest BCUT2D eigenvalue weighted by Crippen LogP contribution is -2.25. The van der Waals surface area contributed by atoms with Crippen LogP contribution in [0.1, 0.15) is 44.0 Å². The molecule has 1 aliphatic rings. The van der Waals surface area contributed by atoms with Crippen LogP contribution < -0.4 is 5.32 Å². The van der Waals surface area contributed by atoms with Gasteiger partial charge in [0.1, 0.15) is 0 Å². The highest BCUT2D eigenvalue weighted by molar-refractivity contribution is 5.24. The molecule has 1 heterocycles. The summed E-state index contributed by atoms with van der Waals surface area (Å²) in [6.07, 6.45) is 5.79. The van der Waals surface area contributed by atoms with Crippen molar-refractivity contribution in [3.63, 3.8) is 0 Å². The van der Waals surface area contributed by atoms with Gasteiger partial charge in [-0.05, 0) is 32.7 Å². The van der Waals surface area contributed by atoms with Gasteiger partial charge in [0.25, 0.3) is 0 Å². The normalized spacial score (nSPS) is 20.9. The van der Waals surface area contributed by atoms with Gasteiger partial charge in [0, 0.05) is 23.8 Å². The molecule has 1 aromatic heterocycles. The zero-order chi connectivity index (χ0) is 9.97. The zero-order valence-electron chi connectivity index (χ0n) is 9.08. The predicted octanol–water partition coefficient (Wildman–Crippen LogP) is 1.89. The summed E-state index contributed by atoms with van der Waals surface area (Å²) >= 11 is 0. The van der Waals surface area contributed by atoms with E-state index in [1.54, 1.807) is 0 Å². The number of nitrogens with zero attached hydrogens (tertiary/aromatic N) is 2. The van der Waals surface area contributed by atoms with Crippen LogP contribution in [0.4, 0.5) is 0 Å². The first kappa shape index (κ1) is 9.71. The van der Waals surface area contributed by atoms with Crippen molar-refractivity contribution >= 4 is 0 Å². The molecule has 0 amide bonds. The average Bonchev–Trinajstić information content (AvgIpc) is 2.62. The minimum absolute atomic E-state index is 0.545. The maximum absolute atomic E-state index is 4.43. The number of aromatic nitrogens is 2. The molecule has 0 radical (unpaired) electrons. The summed E-state index contributed by atoms with van der Waals surface area (Å²) in [5, 5.41) is 7.95. The molecule has 0 saturated heterocycles. The maximum atomic E-state index is 4.43.